The number of nitrogens with two attached hydrogens (primary N) is 1. The molecule has 1 saturated heterocycles. The van der Waals surface area contributed by atoms with E-state index in [-0.39, 0.29) is 11.8 Å². The maximum atomic E-state index is 12.3. The maximum Gasteiger partial charge on any atom is 0.223 e. The van der Waals surface area contributed by atoms with Crippen molar-refractivity contribution >= 4 is 34.1 Å². The second-order valence-electron chi connectivity index (χ2n) is 7.14. The Hall–Kier alpha value is -2.77. The molecular weight excluding hydrogens is 388 g/mol. The van der Waals surface area contributed by atoms with Gasteiger partial charge < -0.3 is 16.0 Å². The van der Waals surface area contributed by atoms with Crippen LogP contribution in [-0.4, -0.2) is 47.0 Å². The zero-order valence-electron chi connectivity index (χ0n) is 16.0. The predicted octanol–water partition coefficient (Wildman–Crippen LogP) is 2.64. The summed E-state index contributed by atoms with van der Waals surface area (Å²) in [5, 5.41) is 5.40. The van der Waals surface area contributed by atoms with Gasteiger partial charge in [0.15, 0.2) is 0 Å². The maximum absolute atomic E-state index is 12.3. The third-order valence-electron chi connectivity index (χ3n) is 5.24. The fourth-order valence-corrected chi connectivity index (χ4v) is 3.90. The molecule has 4 rings (SSSR count). The number of nitrogens with zero attached hydrogens (tertiary/aromatic N) is 4. The molecule has 4 heterocycles. The zero-order valence-corrected chi connectivity index (χ0v) is 16.8. The Balaban J connectivity index is 1.63. The van der Waals surface area contributed by atoms with Crippen LogP contribution in [0.5, 0.6) is 0 Å². The van der Waals surface area contributed by atoms with Crippen molar-refractivity contribution in [1.82, 2.24) is 20.3 Å². The molecule has 7 nitrogen and oxygen atoms in total. The van der Waals surface area contributed by atoms with Crippen LogP contribution in [0.2, 0.25) is 5.15 Å². The van der Waals surface area contributed by atoms with Crippen LogP contribution in [0.3, 0.4) is 0 Å². The van der Waals surface area contributed by atoms with Crippen molar-refractivity contribution < 1.29 is 4.79 Å². The molecule has 0 spiro atoms. The summed E-state index contributed by atoms with van der Waals surface area (Å²) in [7, 11) is 0. The molecule has 0 bridgehead atoms. The smallest absolute Gasteiger partial charge is 0.223 e. The van der Waals surface area contributed by atoms with Gasteiger partial charge in [-0.3, -0.25) is 9.78 Å². The first-order chi connectivity index (χ1) is 14.2. The molecule has 0 unspecified atom stereocenters. The molecule has 1 amide bonds. The minimum absolute atomic E-state index is 0.0212. The second kappa shape index (κ2) is 8.71. The van der Waals surface area contributed by atoms with Gasteiger partial charge in [-0.05, 0) is 37.1 Å². The summed E-state index contributed by atoms with van der Waals surface area (Å²) < 4.78 is 0. The molecule has 8 heteroatoms. The Kier molecular flexibility index (Phi) is 5.87. The minimum Gasteiger partial charge on any atom is -0.356 e. The number of hydrogen-bond donors (Lipinski definition) is 2. The standard InChI is InChI=1S/C21H23ClN6O/c22-19-12-15(1-7-25-19)18-11-16-13-24-6-2-17(16)20(27-18)28-9-3-14(4-10-28)21(29)26-8-5-23/h1-2,6-7,11-14H,3-5,8-10,23H2,(H,26,29). The number of pyridine rings is 3. The number of hydrogen-bond acceptors (Lipinski definition) is 6. The minimum atomic E-state index is 0.0212. The monoisotopic (exact) mass is 410 g/mol. The normalized spacial score (nSPS) is 14.9. The number of amides is 1. The van der Waals surface area contributed by atoms with Crippen LogP contribution in [0.4, 0.5) is 5.82 Å². The molecule has 3 N–H and O–H groups in total. The quantitative estimate of drug-likeness (QED) is 0.627. The van der Waals surface area contributed by atoms with Crippen molar-refractivity contribution in [2.75, 3.05) is 31.1 Å². The van der Waals surface area contributed by atoms with Gasteiger partial charge >= 0.3 is 0 Å². The number of carbonyl (C=O) groups is 1. The SMILES string of the molecule is NCCNC(=O)C1CCN(c2nc(-c3ccnc(Cl)c3)cc3cnccc23)CC1. The summed E-state index contributed by atoms with van der Waals surface area (Å²) in [5.74, 6) is 1.03. The molecule has 1 aliphatic rings. The zero-order chi connectivity index (χ0) is 20.2. The lowest BCUT2D eigenvalue weighted by atomic mass is 9.95. The van der Waals surface area contributed by atoms with Gasteiger partial charge in [-0.2, -0.15) is 0 Å². The molecule has 1 fully saturated rings. The fourth-order valence-electron chi connectivity index (χ4n) is 3.72. The molecule has 0 aliphatic carbocycles. The summed E-state index contributed by atoms with van der Waals surface area (Å²) in [5.41, 5.74) is 7.22. The number of rotatable bonds is 5. The Morgan fingerprint density at radius 1 is 1.24 bits per heavy atom. The summed E-state index contributed by atoms with van der Waals surface area (Å²) >= 11 is 6.08. The van der Waals surface area contributed by atoms with E-state index < -0.39 is 0 Å². The topological polar surface area (TPSA) is 97.0 Å². The van der Waals surface area contributed by atoms with Crippen molar-refractivity contribution in [3.8, 4) is 11.3 Å². The number of halogens is 1. The van der Waals surface area contributed by atoms with E-state index >= 15 is 0 Å². The molecule has 1 aliphatic heterocycles. The van der Waals surface area contributed by atoms with Gasteiger partial charge in [-0.1, -0.05) is 11.6 Å². The third kappa shape index (κ3) is 4.31. The van der Waals surface area contributed by atoms with E-state index in [2.05, 4.69) is 20.2 Å². The first-order valence-electron chi connectivity index (χ1n) is 9.75. The largest absolute Gasteiger partial charge is 0.356 e. The Morgan fingerprint density at radius 2 is 2.07 bits per heavy atom. The van der Waals surface area contributed by atoms with E-state index in [1.807, 2.05) is 30.5 Å². The van der Waals surface area contributed by atoms with Crippen LogP contribution in [0.25, 0.3) is 22.0 Å². The van der Waals surface area contributed by atoms with E-state index in [0.717, 1.165) is 53.8 Å². The second-order valence-corrected chi connectivity index (χ2v) is 7.52. The molecule has 3 aromatic heterocycles. The van der Waals surface area contributed by atoms with Crippen molar-refractivity contribution in [3.63, 3.8) is 0 Å². The van der Waals surface area contributed by atoms with Gasteiger partial charge in [0, 0.05) is 67.0 Å². The molecule has 0 atom stereocenters. The average molecular weight is 411 g/mol. The van der Waals surface area contributed by atoms with Crippen LogP contribution in [0, 0.1) is 5.92 Å². The summed E-state index contributed by atoms with van der Waals surface area (Å²) in [6.45, 7) is 2.52. The summed E-state index contributed by atoms with van der Waals surface area (Å²) in [6.07, 6.45) is 6.88. The first kappa shape index (κ1) is 19.5. The molecule has 150 valence electrons. The highest BCUT2D eigenvalue weighted by Crippen LogP contribution is 2.32. The number of fused-ring (bicyclic) bond motifs is 1. The highest BCUT2D eigenvalue weighted by Gasteiger charge is 2.26. The predicted molar refractivity (Wildman–Crippen MR) is 115 cm³/mol. The number of carbonyl (C=O) groups excluding carboxylic acids is 1. The number of piperidine rings is 1. The summed E-state index contributed by atoms with van der Waals surface area (Å²) in [6, 6.07) is 7.71. The van der Waals surface area contributed by atoms with Gasteiger partial charge in [-0.15, -0.1) is 0 Å². The molecular formula is C21H23ClN6O. The number of anilines is 1. The summed E-state index contributed by atoms with van der Waals surface area (Å²) in [4.78, 5) is 27.8. The van der Waals surface area contributed by atoms with E-state index in [4.69, 9.17) is 22.3 Å². The molecule has 3 aromatic rings. The molecule has 0 radical (unpaired) electrons. The van der Waals surface area contributed by atoms with Gasteiger partial charge in [0.1, 0.15) is 11.0 Å². The highest BCUT2D eigenvalue weighted by atomic mass is 35.5. The fraction of sp³-hybridized carbons (Fsp3) is 0.333. The molecule has 29 heavy (non-hydrogen) atoms. The van der Waals surface area contributed by atoms with Crippen molar-refractivity contribution in [3.05, 3.63) is 48.0 Å². The number of nitrogens with one attached hydrogen (secondary N) is 1. The Morgan fingerprint density at radius 3 is 2.83 bits per heavy atom. The highest BCUT2D eigenvalue weighted by molar-refractivity contribution is 6.29. The van der Waals surface area contributed by atoms with E-state index in [1.54, 1.807) is 12.4 Å². The lowest BCUT2D eigenvalue weighted by Crippen LogP contribution is -2.42. The van der Waals surface area contributed by atoms with Crippen LogP contribution >= 0.6 is 11.6 Å². The van der Waals surface area contributed by atoms with Crippen molar-refractivity contribution in [2.45, 2.75) is 12.8 Å². The Bertz CT molecular complexity index is 1020. The molecule has 0 saturated carbocycles. The Labute approximate surface area is 174 Å². The lowest BCUT2D eigenvalue weighted by molar-refractivity contribution is -0.125. The lowest BCUT2D eigenvalue weighted by Gasteiger charge is -2.33. The third-order valence-corrected chi connectivity index (χ3v) is 5.45. The van der Waals surface area contributed by atoms with Crippen LogP contribution < -0.4 is 16.0 Å². The van der Waals surface area contributed by atoms with E-state index in [1.165, 1.54) is 0 Å². The van der Waals surface area contributed by atoms with Crippen molar-refractivity contribution in [2.24, 2.45) is 11.7 Å². The van der Waals surface area contributed by atoms with Crippen LogP contribution in [-0.2, 0) is 4.79 Å². The molecule has 0 aromatic carbocycles. The average Bonchev–Trinajstić information content (AvgIpc) is 2.77. The van der Waals surface area contributed by atoms with E-state index in [9.17, 15) is 4.79 Å². The van der Waals surface area contributed by atoms with Gasteiger partial charge in [0.25, 0.3) is 0 Å². The van der Waals surface area contributed by atoms with Gasteiger partial charge in [0.05, 0.1) is 5.69 Å². The van der Waals surface area contributed by atoms with Gasteiger partial charge in [-0.25, -0.2) is 9.97 Å². The first-order valence-corrected chi connectivity index (χ1v) is 10.1. The van der Waals surface area contributed by atoms with Gasteiger partial charge in [0.2, 0.25) is 5.91 Å². The van der Waals surface area contributed by atoms with Crippen LogP contribution in [0.1, 0.15) is 12.8 Å². The number of aromatic nitrogens is 3. The van der Waals surface area contributed by atoms with E-state index in [0.29, 0.717) is 18.2 Å². The van der Waals surface area contributed by atoms with Crippen LogP contribution in [0.15, 0.2) is 42.9 Å². The van der Waals surface area contributed by atoms with Crippen molar-refractivity contribution in [1.29, 1.82) is 0 Å².